The molecule has 0 fully saturated rings. The van der Waals surface area contributed by atoms with E-state index in [4.69, 9.17) is 0 Å². The molecule has 1 aliphatic heterocycles. The molecule has 1 aromatic heterocycles. The highest BCUT2D eigenvalue weighted by Crippen LogP contribution is 2.26. The van der Waals surface area contributed by atoms with E-state index in [1.165, 1.54) is 11.3 Å². The largest absolute Gasteiger partial charge is 0.338 e. The number of carbonyl (C=O) groups excluding carboxylic acids is 1. The van der Waals surface area contributed by atoms with Gasteiger partial charge in [0.05, 0.1) is 4.90 Å². The molecule has 0 saturated carbocycles. The van der Waals surface area contributed by atoms with Crippen LogP contribution in [0.15, 0.2) is 23.1 Å². The minimum absolute atomic E-state index is 0.00854. The normalized spacial score (nSPS) is 15.3. The number of amides is 1. The van der Waals surface area contributed by atoms with Crippen LogP contribution >= 0.6 is 11.3 Å². The van der Waals surface area contributed by atoms with Crippen LogP contribution in [-0.2, 0) is 27.8 Å². The molecule has 0 radical (unpaired) electrons. The van der Waals surface area contributed by atoms with Gasteiger partial charge in [-0.1, -0.05) is 37.7 Å². The summed E-state index contributed by atoms with van der Waals surface area (Å²) in [6.45, 7) is 6.91. The van der Waals surface area contributed by atoms with Crippen LogP contribution < -0.4 is 4.72 Å². The van der Waals surface area contributed by atoms with Gasteiger partial charge in [0.2, 0.25) is 11.0 Å². The molecule has 1 atom stereocenters. The maximum Gasteiger partial charge on any atom is 0.263 e. The van der Waals surface area contributed by atoms with Crippen LogP contribution in [0, 0.1) is 12.8 Å². The highest BCUT2D eigenvalue weighted by molar-refractivity contribution is 7.93. The summed E-state index contributed by atoms with van der Waals surface area (Å²) in [7, 11) is -3.74. The van der Waals surface area contributed by atoms with E-state index in [0.29, 0.717) is 18.1 Å². The first-order valence-corrected chi connectivity index (χ1v) is 11.3. The second-order valence-corrected chi connectivity index (χ2v) is 9.73. The lowest BCUT2D eigenvalue weighted by atomic mass is 9.97. The highest BCUT2D eigenvalue weighted by Gasteiger charge is 2.26. The molecule has 0 saturated heterocycles. The Morgan fingerprint density at radius 1 is 1.33 bits per heavy atom. The zero-order chi connectivity index (χ0) is 19.6. The summed E-state index contributed by atoms with van der Waals surface area (Å²) in [4.78, 5) is 14.6. The summed E-state index contributed by atoms with van der Waals surface area (Å²) in [5.74, 6) is 0.129. The Kier molecular flexibility index (Phi) is 5.81. The molecule has 27 heavy (non-hydrogen) atoms. The minimum atomic E-state index is -3.74. The SMILES string of the molecule is CCC[C@@H](C)C(=O)N1CCc2ccc(S(=O)(=O)Nc3nnc(C)s3)cc2C1. The zero-order valence-corrected chi connectivity index (χ0v) is 17.4. The lowest BCUT2D eigenvalue weighted by Gasteiger charge is -2.31. The minimum Gasteiger partial charge on any atom is -0.338 e. The maximum atomic E-state index is 12.7. The van der Waals surface area contributed by atoms with Crippen molar-refractivity contribution in [3.8, 4) is 0 Å². The second kappa shape index (κ2) is 7.93. The summed E-state index contributed by atoms with van der Waals surface area (Å²) in [5.41, 5.74) is 1.97. The Morgan fingerprint density at radius 3 is 2.78 bits per heavy atom. The van der Waals surface area contributed by atoms with Crippen molar-refractivity contribution in [3.63, 3.8) is 0 Å². The van der Waals surface area contributed by atoms with E-state index in [0.717, 1.165) is 30.4 Å². The summed E-state index contributed by atoms with van der Waals surface area (Å²) < 4.78 is 27.8. The molecule has 2 aromatic rings. The fourth-order valence-electron chi connectivity index (χ4n) is 3.27. The average molecular weight is 409 g/mol. The number of carbonyl (C=O) groups is 1. The Morgan fingerprint density at radius 2 is 2.11 bits per heavy atom. The van der Waals surface area contributed by atoms with Gasteiger partial charge >= 0.3 is 0 Å². The van der Waals surface area contributed by atoms with Crippen LogP contribution in [0.4, 0.5) is 5.13 Å². The Hall–Kier alpha value is -2.00. The number of hydrogen-bond donors (Lipinski definition) is 1. The van der Waals surface area contributed by atoms with Crippen LogP contribution in [0.2, 0.25) is 0 Å². The van der Waals surface area contributed by atoms with Gasteiger partial charge in [0.1, 0.15) is 5.01 Å². The standard InChI is InChI=1S/C18H24N4O3S2/c1-4-5-12(2)17(23)22-9-8-14-6-7-16(10-15(14)11-22)27(24,25)21-18-20-19-13(3)26-18/h6-7,10,12H,4-5,8-9,11H2,1-3H3,(H,20,21)/t12-/m1/s1. The predicted octanol–water partition coefficient (Wildman–Crippen LogP) is 2.97. The molecule has 0 unspecified atom stereocenters. The quantitative estimate of drug-likeness (QED) is 0.793. The van der Waals surface area contributed by atoms with Gasteiger partial charge in [0.25, 0.3) is 10.0 Å². The van der Waals surface area contributed by atoms with Gasteiger partial charge in [-0.3, -0.25) is 9.52 Å². The fraction of sp³-hybridized carbons (Fsp3) is 0.500. The van der Waals surface area contributed by atoms with Gasteiger partial charge in [-0.2, -0.15) is 0 Å². The first kappa shape index (κ1) is 19.8. The van der Waals surface area contributed by atoms with E-state index in [1.54, 1.807) is 19.1 Å². The third-order valence-electron chi connectivity index (χ3n) is 4.70. The molecule has 0 aliphatic carbocycles. The van der Waals surface area contributed by atoms with E-state index < -0.39 is 10.0 Å². The van der Waals surface area contributed by atoms with Crippen molar-refractivity contribution in [1.29, 1.82) is 0 Å². The Balaban J connectivity index is 1.80. The van der Waals surface area contributed by atoms with Gasteiger partial charge in [0.15, 0.2) is 0 Å². The first-order chi connectivity index (χ1) is 12.8. The molecular formula is C18H24N4O3S2. The second-order valence-electron chi connectivity index (χ2n) is 6.86. The molecule has 0 bridgehead atoms. The van der Waals surface area contributed by atoms with Gasteiger partial charge in [-0.25, -0.2) is 8.42 Å². The zero-order valence-electron chi connectivity index (χ0n) is 15.7. The van der Waals surface area contributed by atoms with E-state index in [9.17, 15) is 13.2 Å². The van der Waals surface area contributed by atoms with Crippen LogP contribution in [0.5, 0.6) is 0 Å². The molecule has 1 aromatic carbocycles. The monoisotopic (exact) mass is 408 g/mol. The number of rotatable bonds is 6. The topological polar surface area (TPSA) is 92.3 Å². The molecule has 146 valence electrons. The fourth-order valence-corrected chi connectivity index (χ4v) is 5.14. The number of anilines is 1. The van der Waals surface area contributed by atoms with E-state index in [1.807, 2.05) is 17.9 Å². The Bertz CT molecular complexity index is 940. The van der Waals surface area contributed by atoms with Crippen LogP contribution in [-0.4, -0.2) is 36.0 Å². The number of nitrogens with zero attached hydrogens (tertiary/aromatic N) is 3. The van der Waals surface area contributed by atoms with E-state index >= 15 is 0 Å². The molecule has 1 amide bonds. The van der Waals surface area contributed by atoms with Crippen molar-refractivity contribution >= 4 is 32.4 Å². The summed E-state index contributed by atoms with van der Waals surface area (Å²) in [5, 5.41) is 8.57. The number of aromatic nitrogens is 2. The first-order valence-electron chi connectivity index (χ1n) is 9.03. The van der Waals surface area contributed by atoms with Gasteiger partial charge in [0, 0.05) is 19.0 Å². The number of sulfonamides is 1. The molecule has 7 nitrogen and oxygen atoms in total. The van der Waals surface area contributed by atoms with Gasteiger partial charge < -0.3 is 4.90 Å². The van der Waals surface area contributed by atoms with Crippen LogP contribution in [0.25, 0.3) is 0 Å². The predicted molar refractivity (Wildman–Crippen MR) is 105 cm³/mol. The van der Waals surface area contributed by atoms with Crippen molar-refractivity contribution in [2.75, 3.05) is 11.3 Å². The third kappa shape index (κ3) is 4.47. The third-order valence-corrected chi connectivity index (χ3v) is 6.92. The van der Waals surface area contributed by atoms with Crippen molar-refractivity contribution in [2.24, 2.45) is 5.92 Å². The van der Waals surface area contributed by atoms with Crippen molar-refractivity contribution in [2.45, 2.75) is 51.5 Å². The van der Waals surface area contributed by atoms with E-state index in [-0.39, 0.29) is 21.9 Å². The molecule has 1 aliphatic rings. The van der Waals surface area contributed by atoms with Gasteiger partial charge in [-0.15, -0.1) is 10.2 Å². The highest BCUT2D eigenvalue weighted by atomic mass is 32.2. The van der Waals surface area contributed by atoms with Crippen molar-refractivity contribution < 1.29 is 13.2 Å². The summed E-state index contributed by atoms with van der Waals surface area (Å²) >= 11 is 1.18. The summed E-state index contributed by atoms with van der Waals surface area (Å²) in [6, 6.07) is 5.11. The lowest BCUT2D eigenvalue weighted by Crippen LogP contribution is -2.39. The number of aryl methyl sites for hydroxylation is 1. The number of hydrogen-bond acceptors (Lipinski definition) is 6. The number of nitrogens with one attached hydrogen (secondary N) is 1. The van der Waals surface area contributed by atoms with Crippen LogP contribution in [0.1, 0.15) is 42.8 Å². The molecule has 0 spiro atoms. The molecule has 3 rings (SSSR count). The smallest absolute Gasteiger partial charge is 0.263 e. The molecule has 9 heteroatoms. The van der Waals surface area contributed by atoms with Crippen LogP contribution in [0.3, 0.4) is 0 Å². The maximum absolute atomic E-state index is 12.7. The average Bonchev–Trinajstić information content (AvgIpc) is 3.04. The number of fused-ring (bicyclic) bond motifs is 1. The van der Waals surface area contributed by atoms with Crippen molar-refractivity contribution in [3.05, 3.63) is 34.3 Å². The number of benzene rings is 1. The van der Waals surface area contributed by atoms with Gasteiger partial charge in [-0.05, 0) is 43.0 Å². The summed E-state index contributed by atoms with van der Waals surface area (Å²) in [6.07, 6.45) is 2.57. The lowest BCUT2D eigenvalue weighted by molar-refractivity contribution is -0.136. The Labute approximate surface area is 163 Å². The molecular weight excluding hydrogens is 384 g/mol. The van der Waals surface area contributed by atoms with Crippen molar-refractivity contribution in [1.82, 2.24) is 15.1 Å². The molecule has 2 heterocycles. The molecule has 1 N–H and O–H groups in total. The van der Waals surface area contributed by atoms with E-state index in [2.05, 4.69) is 21.8 Å².